The maximum absolute atomic E-state index is 11.7. The number of thiophene rings is 1. The van der Waals surface area contributed by atoms with E-state index >= 15 is 0 Å². The minimum Gasteiger partial charge on any atom is -0.476 e. The van der Waals surface area contributed by atoms with Crippen LogP contribution >= 0.6 is 22.7 Å². The first kappa shape index (κ1) is 14.0. The number of anilines is 2. The van der Waals surface area contributed by atoms with E-state index in [1.54, 1.807) is 17.5 Å². The summed E-state index contributed by atoms with van der Waals surface area (Å²) < 4.78 is 25.3. The first-order valence-corrected chi connectivity index (χ1v) is 8.56. The van der Waals surface area contributed by atoms with Gasteiger partial charge in [0.25, 0.3) is 0 Å². The van der Waals surface area contributed by atoms with Gasteiger partial charge in [-0.05, 0) is 6.07 Å². The van der Waals surface area contributed by atoms with E-state index in [1.165, 1.54) is 16.8 Å². The Labute approximate surface area is 129 Å². The van der Waals surface area contributed by atoms with Crippen molar-refractivity contribution in [3.63, 3.8) is 0 Å². The second kappa shape index (κ2) is 5.43. The molecule has 3 rings (SSSR count). The molecule has 0 amide bonds. The van der Waals surface area contributed by atoms with Crippen molar-refractivity contribution in [3.05, 3.63) is 40.8 Å². The molecule has 0 atom stereocenters. The Morgan fingerprint density at radius 1 is 1.24 bits per heavy atom. The third kappa shape index (κ3) is 2.39. The Morgan fingerprint density at radius 2 is 2.00 bits per heavy atom. The van der Waals surface area contributed by atoms with E-state index in [2.05, 4.69) is 4.98 Å². The number of thiol groups is 1. The van der Waals surface area contributed by atoms with Crippen molar-refractivity contribution < 1.29 is 18.3 Å². The minimum atomic E-state index is -3.03. The van der Waals surface area contributed by atoms with Crippen LogP contribution in [0.4, 0.5) is 10.7 Å². The monoisotopic (exact) mass is 340 g/mol. The highest BCUT2D eigenvalue weighted by Crippen LogP contribution is 2.39. The van der Waals surface area contributed by atoms with Crippen molar-refractivity contribution >= 4 is 60.3 Å². The third-order valence-electron chi connectivity index (χ3n) is 2.80. The number of hydrogen-bond donors (Lipinski definition) is 2. The maximum Gasteiger partial charge on any atom is 0.357 e. The Bertz CT molecular complexity index is 889. The van der Waals surface area contributed by atoms with E-state index in [9.17, 15) is 13.2 Å². The number of thiazole rings is 1. The van der Waals surface area contributed by atoms with Gasteiger partial charge in [-0.2, -0.15) is 0 Å². The lowest BCUT2D eigenvalue weighted by Gasteiger charge is -2.15. The molecule has 0 aliphatic heterocycles. The van der Waals surface area contributed by atoms with Gasteiger partial charge in [-0.15, -0.1) is 22.7 Å². The largest absolute Gasteiger partial charge is 0.476 e. The zero-order chi connectivity index (χ0) is 15.0. The second-order valence-electron chi connectivity index (χ2n) is 3.98. The van der Waals surface area contributed by atoms with E-state index in [0.29, 0.717) is 5.69 Å². The van der Waals surface area contributed by atoms with Gasteiger partial charge in [-0.25, -0.2) is 22.5 Å². The molecule has 6 nitrogen and oxygen atoms in total. The predicted molar refractivity (Wildman–Crippen MR) is 83.4 cm³/mol. The van der Waals surface area contributed by atoms with Crippen molar-refractivity contribution in [1.82, 2.24) is 4.98 Å². The first-order valence-electron chi connectivity index (χ1n) is 5.67. The summed E-state index contributed by atoms with van der Waals surface area (Å²) in [4.78, 5) is 14.9. The molecule has 0 saturated carbocycles. The fraction of sp³-hybridized carbons (Fsp3) is 0. The summed E-state index contributed by atoms with van der Waals surface area (Å²) in [7, 11) is -3.03. The molecule has 0 bridgehead atoms. The summed E-state index contributed by atoms with van der Waals surface area (Å²) in [6.07, 6.45) is 0. The molecule has 3 aromatic rings. The molecule has 108 valence electrons. The quantitative estimate of drug-likeness (QED) is 0.713. The fourth-order valence-corrected chi connectivity index (χ4v) is 4.58. The number of aromatic carboxylic acids is 1. The third-order valence-corrected chi connectivity index (χ3v) is 5.43. The molecule has 1 aromatic carbocycles. The van der Waals surface area contributed by atoms with Gasteiger partial charge in [0.15, 0.2) is 5.69 Å². The van der Waals surface area contributed by atoms with E-state index in [4.69, 9.17) is 5.11 Å². The summed E-state index contributed by atoms with van der Waals surface area (Å²) in [5.41, 5.74) is 1.49. The molecule has 1 N–H and O–H groups in total. The van der Waals surface area contributed by atoms with Crippen molar-refractivity contribution in [2.24, 2.45) is 0 Å². The van der Waals surface area contributed by atoms with Gasteiger partial charge >= 0.3 is 5.97 Å². The van der Waals surface area contributed by atoms with Crippen LogP contribution in [0, 0.1) is 0 Å². The van der Waals surface area contributed by atoms with E-state index in [-0.39, 0.29) is 10.7 Å². The van der Waals surface area contributed by atoms with Crippen LogP contribution in [-0.4, -0.2) is 24.5 Å². The molecule has 0 fully saturated rings. The van der Waals surface area contributed by atoms with E-state index in [0.717, 1.165) is 25.7 Å². The normalized spacial score (nSPS) is 11.1. The Morgan fingerprint density at radius 3 is 2.71 bits per heavy atom. The summed E-state index contributed by atoms with van der Waals surface area (Å²) in [5, 5.41) is 11.7. The molecule has 0 aliphatic carbocycles. The molecular weight excluding hydrogens is 332 g/mol. The van der Waals surface area contributed by atoms with Crippen LogP contribution in [0.2, 0.25) is 0 Å². The van der Waals surface area contributed by atoms with Gasteiger partial charge in [0.05, 0.1) is 11.2 Å². The molecule has 21 heavy (non-hydrogen) atoms. The average molecular weight is 340 g/mol. The van der Waals surface area contributed by atoms with Gasteiger partial charge < -0.3 is 5.11 Å². The molecule has 2 heterocycles. The first-order chi connectivity index (χ1) is 10.1. The predicted octanol–water partition coefficient (Wildman–Crippen LogP) is 2.72. The lowest BCUT2D eigenvalue weighted by Crippen LogP contribution is -2.16. The van der Waals surface area contributed by atoms with Crippen molar-refractivity contribution in [3.8, 4) is 0 Å². The highest BCUT2D eigenvalue weighted by atomic mass is 32.2. The van der Waals surface area contributed by atoms with Crippen LogP contribution in [0.25, 0.3) is 10.1 Å². The van der Waals surface area contributed by atoms with Gasteiger partial charge in [0.2, 0.25) is 10.9 Å². The number of fused-ring (bicyclic) bond motifs is 1. The van der Waals surface area contributed by atoms with Gasteiger partial charge in [-0.1, -0.05) is 18.2 Å². The molecule has 0 spiro atoms. The molecule has 0 radical (unpaired) electrons. The Kier molecular flexibility index (Phi) is 3.62. The molecule has 0 unspecified atom stereocenters. The van der Waals surface area contributed by atoms with Gasteiger partial charge in [0.1, 0.15) is 5.00 Å². The molecule has 0 aliphatic rings. The lowest BCUT2D eigenvalue weighted by molar-refractivity contribution is 0.0692. The number of nitrogens with zero attached hydrogens (tertiary/aromatic N) is 2. The van der Waals surface area contributed by atoms with Crippen LogP contribution in [0.5, 0.6) is 0 Å². The fourth-order valence-electron chi connectivity index (χ4n) is 1.94. The smallest absolute Gasteiger partial charge is 0.357 e. The number of carboxylic acids is 1. The van der Waals surface area contributed by atoms with Crippen LogP contribution in [0.3, 0.4) is 0 Å². The standard InChI is InChI=1S/C12H8N2O4S3/c15-12(16)10-11(20-6-13-10)14(21(17)18)8-5-19-9-4-2-1-3-7(8)9/h1-6,21H,(H,15,16). The molecule has 9 heteroatoms. The highest BCUT2D eigenvalue weighted by Gasteiger charge is 2.24. The van der Waals surface area contributed by atoms with Crippen LogP contribution in [0.1, 0.15) is 10.5 Å². The summed E-state index contributed by atoms with van der Waals surface area (Å²) in [6, 6.07) is 7.34. The average Bonchev–Trinajstić information content (AvgIpc) is 3.07. The maximum atomic E-state index is 11.7. The number of rotatable bonds is 4. The van der Waals surface area contributed by atoms with E-state index < -0.39 is 16.9 Å². The van der Waals surface area contributed by atoms with Gasteiger partial charge in [0, 0.05) is 15.5 Å². The summed E-state index contributed by atoms with van der Waals surface area (Å²) in [5.74, 6) is -1.26. The van der Waals surface area contributed by atoms with Crippen LogP contribution in [-0.2, 0) is 10.9 Å². The van der Waals surface area contributed by atoms with Crippen molar-refractivity contribution in [2.75, 3.05) is 4.31 Å². The van der Waals surface area contributed by atoms with Crippen LogP contribution < -0.4 is 4.31 Å². The number of carbonyl (C=O) groups is 1. The van der Waals surface area contributed by atoms with Crippen molar-refractivity contribution in [2.45, 2.75) is 0 Å². The lowest BCUT2D eigenvalue weighted by atomic mass is 10.2. The summed E-state index contributed by atoms with van der Waals surface area (Å²) >= 11 is 2.37. The molecular formula is C12H8N2O4S3. The summed E-state index contributed by atoms with van der Waals surface area (Å²) in [6.45, 7) is 0. The highest BCUT2D eigenvalue weighted by molar-refractivity contribution is 7.74. The number of aromatic nitrogens is 1. The Balaban J connectivity index is 2.24. The number of hydrogen-bond acceptors (Lipinski definition) is 6. The topological polar surface area (TPSA) is 87.6 Å². The number of benzene rings is 1. The second-order valence-corrected chi connectivity index (χ2v) is 6.60. The molecule has 0 saturated heterocycles. The SMILES string of the molecule is O=C(O)c1ncsc1N(c1csc2ccccc12)[SH](=O)=O. The Hall–Kier alpha value is -1.97. The molecule has 2 aromatic heterocycles. The zero-order valence-corrected chi connectivity index (χ0v) is 12.8. The van der Waals surface area contributed by atoms with Gasteiger partial charge in [-0.3, -0.25) is 0 Å². The minimum absolute atomic E-state index is 0.0853. The van der Waals surface area contributed by atoms with Crippen LogP contribution in [0.15, 0.2) is 35.2 Å². The van der Waals surface area contributed by atoms with Crippen molar-refractivity contribution in [1.29, 1.82) is 0 Å². The van der Waals surface area contributed by atoms with E-state index in [1.807, 2.05) is 12.1 Å². The number of carboxylic acid groups (broad SMARTS) is 1. The zero-order valence-electron chi connectivity index (χ0n) is 10.3.